The Hall–Kier alpha value is 0.380. The van der Waals surface area contributed by atoms with Gasteiger partial charge in [0.05, 0.1) is 3.79 Å². The van der Waals surface area contributed by atoms with E-state index in [1.807, 2.05) is 6.92 Å². The Morgan fingerprint density at radius 3 is 2.61 bits per heavy atom. The number of rotatable bonds is 5. The van der Waals surface area contributed by atoms with Crippen LogP contribution < -0.4 is 0 Å². The number of aryl methyl sites for hydroxylation is 1. The Labute approximate surface area is 125 Å². The minimum atomic E-state index is -3.39. The molecule has 0 unspecified atom stereocenters. The first-order valence-electron chi connectivity index (χ1n) is 5.80. The lowest BCUT2D eigenvalue weighted by atomic mass is 9.93. The van der Waals surface area contributed by atoms with E-state index in [2.05, 4.69) is 15.9 Å². The van der Waals surface area contributed by atoms with Gasteiger partial charge in [0.25, 0.3) is 10.0 Å². The number of hydrogen-bond donors (Lipinski definition) is 0. The van der Waals surface area contributed by atoms with Crippen molar-refractivity contribution in [1.82, 2.24) is 4.31 Å². The molecule has 1 fully saturated rings. The van der Waals surface area contributed by atoms with Crippen LogP contribution in [0.3, 0.4) is 0 Å². The fourth-order valence-corrected chi connectivity index (χ4v) is 6.26. The monoisotopic (exact) mass is 371 g/mol. The highest BCUT2D eigenvalue weighted by Gasteiger charge is 2.35. The summed E-state index contributed by atoms with van der Waals surface area (Å²) in [6, 6.07) is 1.86. The van der Waals surface area contributed by atoms with E-state index in [0.717, 1.165) is 28.6 Å². The zero-order valence-corrected chi connectivity index (χ0v) is 14.0. The number of nitrogens with zero attached hydrogens (tertiary/aromatic N) is 1. The van der Waals surface area contributed by atoms with Crippen LogP contribution in [-0.2, 0) is 10.0 Å². The Kier molecular flexibility index (Phi) is 4.75. The molecular weight excluding hydrogens is 358 g/mol. The second-order valence-corrected chi connectivity index (χ2v) is 9.28. The average molecular weight is 373 g/mol. The summed E-state index contributed by atoms with van der Waals surface area (Å²) in [7, 11) is -3.39. The lowest BCUT2D eigenvalue weighted by molar-refractivity contribution is 0.228. The molecule has 1 saturated carbocycles. The minimum Gasteiger partial charge on any atom is -0.206 e. The highest BCUT2D eigenvalue weighted by molar-refractivity contribution is 9.11. The maximum atomic E-state index is 12.6. The van der Waals surface area contributed by atoms with Gasteiger partial charge in [0, 0.05) is 18.5 Å². The lowest BCUT2D eigenvalue weighted by Gasteiger charge is -2.35. The van der Waals surface area contributed by atoms with Crippen molar-refractivity contribution in [2.24, 2.45) is 0 Å². The summed E-state index contributed by atoms with van der Waals surface area (Å²) in [4.78, 5) is 0. The van der Waals surface area contributed by atoms with Crippen molar-refractivity contribution >= 4 is 48.9 Å². The second kappa shape index (κ2) is 5.79. The van der Waals surface area contributed by atoms with E-state index in [1.165, 1.54) is 11.3 Å². The highest BCUT2D eigenvalue weighted by Crippen LogP contribution is 2.35. The van der Waals surface area contributed by atoms with Gasteiger partial charge in [-0.1, -0.05) is 6.42 Å². The van der Waals surface area contributed by atoms with Crippen LogP contribution in [0.1, 0.15) is 24.8 Å². The third-order valence-electron chi connectivity index (χ3n) is 3.18. The molecule has 18 heavy (non-hydrogen) atoms. The zero-order valence-electron chi connectivity index (χ0n) is 10.0. The van der Waals surface area contributed by atoms with Gasteiger partial charge in [-0.3, -0.25) is 0 Å². The van der Waals surface area contributed by atoms with Crippen LogP contribution in [0.4, 0.5) is 0 Å². The topological polar surface area (TPSA) is 37.4 Å². The molecule has 0 saturated heterocycles. The average Bonchev–Trinajstić information content (AvgIpc) is 2.57. The Morgan fingerprint density at radius 2 is 2.22 bits per heavy atom. The van der Waals surface area contributed by atoms with E-state index in [0.29, 0.717) is 16.6 Å². The molecule has 0 spiro atoms. The molecule has 1 aliphatic carbocycles. The summed E-state index contributed by atoms with van der Waals surface area (Å²) in [5, 5.41) is 0. The molecule has 1 aliphatic rings. The number of halogens is 2. The Balaban J connectivity index is 2.32. The molecule has 0 aromatic carbocycles. The van der Waals surface area contributed by atoms with Gasteiger partial charge < -0.3 is 0 Å². The first kappa shape index (κ1) is 14.8. The van der Waals surface area contributed by atoms with Crippen LogP contribution in [0, 0.1) is 6.92 Å². The molecule has 0 radical (unpaired) electrons. The molecule has 102 valence electrons. The summed E-state index contributed by atoms with van der Waals surface area (Å²) in [5.74, 6) is 0.335. The molecular formula is C11H15BrClNO2S2. The first-order valence-corrected chi connectivity index (χ1v) is 9.39. The van der Waals surface area contributed by atoms with E-state index < -0.39 is 10.0 Å². The van der Waals surface area contributed by atoms with Crippen LogP contribution in [0.5, 0.6) is 0 Å². The van der Waals surface area contributed by atoms with E-state index in [4.69, 9.17) is 11.6 Å². The summed E-state index contributed by atoms with van der Waals surface area (Å²) in [6.07, 6.45) is 3.00. The third kappa shape index (κ3) is 2.77. The van der Waals surface area contributed by atoms with E-state index in [1.54, 1.807) is 10.4 Å². The van der Waals surface area contributed by atoms with Gasteiger partial charge in [0.2, 0.25) is 0 Å². The number of hydrogen-bond acceptors (Lipinski definition) is 3. The lowest BCUT2D eigenvalue weighted by Crippen LogP contribution is -2.44. The first-order chi connectivity index (χ1) is 8.46. The molecule has 0 amide bonds. The minimum absolute atomic E-state index is 0.134. The fourth-order valence-electron chi connectivity index (χ4n) is 1.93. The van der Waals surface area contributed by atoms with Crippen LogP contribution in [0.25, 0.3) is 0 Å². The van der Waals surface area contributed by atoms with Gasteiger partial charge in [-0.2, -0.15) is 4.31 Å². The van der Waals surface area contributed by atoms with Gasteiger partial charge >= 0.3 is 0 Å². The zero-order chi connectivity index (χ0) is 13.3. The summed E-state index contributed by atoms with van der Waals surface area (Å²) in [5.41, 5.74) is 0.956. The Morgan fingerprint density at radius 1 is 1.56 bits per heavy atom. The maximum absolute atomic E-state index is 12.6. The maximum Gasteiger partial charge on any atom is 0.252 e. The van der Waals surface area contributed by atoms with Crippen molar-refractivity contribution in [2.75, 3.05) is 12.4 Å². The van der Waals surface area contributed by atoms with Gasteiger partial charge in [-0.25, -0.2) is 8.42 Å². The standard InChI is InChI=1S/C11H15BrClNO2S2/c1-8-7-10(17-11(8)12)18(15,16)14(6-5-13)9-3-2-4-9/h7,9H,2-6H2,1H3. The van der Waals surface area contributed by atoms with Crippen LogP contribution >= 0.6 is 38.9 Å². The summed E-state index contributed by atoms with van der Waals surface area (Å²) in [6.45, 7) is 2.29. The number of sulfonamides is 1. The van der Waals surface area contributed by atoms with Crippen LogP contribution in [0.15, 0.2) is 14.1 Å². The SMILES string of the molecule is Cc1cc(S(=O)(=O)N(CCCl)C2CCC2)sc1Br. The molecule has 1 heterocycles. The number of alkyl halides is 1. The van der Waals surface area contributed by atoms with Gasteiger partial charge in [-0.05, 0) is 47.3 Å². The molecule has 3 nitrogen and oxygen atoms in total. The second-order valence-electron chi connectivity index (χ2n) is 4.41. The summed E-state index contributed by atoms with van der Waals surface area (Å²) < 4.78 is 28.0. The highest BCUT2D eigenvalue weighted by atomic mass is 79.9. The largest absolute Gasteiger partial charge is 0.252 e. The smallest absolute Gasteiger partial charge is 0.206 e. The molecule has 0 bridgehead atoms. The van der Waals surface area contributed by atoms with E-state index in [9.17, 15) is 8.42 Å². The van der Waals surface area contributed by atoms with Crippen molar-refractivity contribution < 1.29 is 8.42 Å². The van der Waals surface area contributed by atoms with Crippen molar-refractivity contribution in [3.05, 3.63) is 15.4 Å². The van der Waals surface area contributed by atoms with Crippen molar-refractivity contribution in [3.8, 4) is 0 Å². The quantitative estimate of drug-likeness (QED) is 0.741. The molecule has 0 N–H and O–H groups in total. The van der Waals surface area contributed by atoms with Crippen LogP contribution in [-0.4, -0.2) is 31.2 Å². The fraction of sp³-hybridized carbons (Fsp3) is 0.636. The van der Waals surface area contributed by atoms with E-state index >= 15 is 0 Å². The number of thiophene rings is 1. The van der Waals surface area contributed by atoms with Gasteiger partial charge in [-0.15, -0.1) is 22.9 Å². The summed E-state index contributed by atoms with van der Waals surface area (Å²) >= 11 is 10.4. The third-order valence-corrected chi connectivity index (χ3v) is 7.89. The Bertz CT molecular complexity index is 506. The van der Waals surface area contributed by atoms with Gasteiger partial charge in [0.1, 0.15) is 4.21 Å². The van der Waals surface area contributed by atoms with Crippen molar-refractivity contribution in [1.29, 1.82) is 0 Å². The molecule has 2 rings (SSSR count). The predicted molar refractivity (Wildman–Crippen MR) is 79.0 cm³/mol. The van der Waals surface area contributed by atoms with Gasteiger partial charge in [0.15, 0.2) is 0 Å². The molecule has 0 aliphatic heterocycles. The normalized spacial score (nSPS) is 17.1. The van der Waals surface area contributed by atoms with E-state index in [-0.39, 0.29) is 6.04 Å². The van der Waals surface area contributed by atoms with Crippen molar-refractivity contribution in [2.45, 2.75) is 36.4 Å². The predicted octanol–water partition coefficient (Wildman–Crippen LogP) is 3.60. The molecule has 1 aromatic rings. The van der Waals surface area contributed by atoms with Crippen LogP contribution in [0.2, 0.25) is 0 Å². The molecule has 1 aromatic heterocycles. The molecule has 7 heteroatoms. The van der Waals surface area contributed by atoms with Crippen molar-refractivity contribution in [3.63, 3.8) is 0 Å². The molecule has 0 atom stereocenters.